The molecular formula is C43H29N3O. The lowest BCUT2D eigenvalue weighted by atomic mass is 9.96. The molecule has 0 saturated heterocycles. The average molecular weight is 604 g/mol. The van der Waals surface area contributed by atoms with Crippen LogP contribution in [0.15, 0.2) is 144 Å². The SMILES string of the molecule is CC1C=C(c2cc(-n3c4cc5ccccc5cc4c4ccc5oc6c7ccccc7ccc6c5c43)nc(-c3ccccc3)n2)C=CC1. The van der Waals surface area contributed by atoms with Crippen LogP contribution in [0.5, 0.6) is 0 Å². The minimum Gasteiger partial charge on any atom is -0.455 e. The van der Waals surface area contributed by atoms with E-state index in [4.69, 9.17) is 14.4 Å². The predicted molar refractivity (Wildman–Crippen MR) is 195 cm³/mol. The molecule has 0 saturated carbocycles. The van der Waals surface area contributed by atoms with E-state index < -0.39 is 0 Å². The maximum atomic E-state index is 6.70. The molecular weight excluding hydrogens is 574 g/mol. The Kier molecular flexibility index (Phi) is 5.58. The van der Waals surface area contributed by atoms with Crippen molar-refractivity contribution in [2.75, 3.05) is 0 Å². The summed E-state index contributed by atoms with van der Waals surface area (Å²) in [5, 5.41) is 9.22. The number of allylic oxidation sites excluding steroid dienone is 4. The van der Waals surface area contributed by atoms with Gasteiger partial charge in [-0.15, -0.1) is 0 Å². The molecule has 9 aromatic rings. The predicted octanol–water partition coefficient (Wildman–Crippen LogP) is 11.4. The van der Waals surface area contributed by atoms with Gasteiger partial charge in [0.25, 0.3) is 0 Å². The molecule has 3 aromatic heterocycles. The Hall–Kier alpha value is -6.00. The third-order valence-electron chi connectivity index (χ3n) is 9.66. The van der Waals surface area contributed by atoms with Gasteiger partial charge < -0.3 is 4.42 Å². The van der Waals surface area contributed by atoms with Gasteiger partial charge in [-0.1, -0.05) is 110 Å². The first kappa shape index (κ1) is 26.2. The summed E-state index contributed by atoms with van der Waals surface area (Å²) >= 11 is 0. The first-order valence-electron chi connectivity index (χ1n) is 16.2. The quantitative estimate of drug-likeness (QED) is 0.202. The summed E-state index contributed by atoms with van der Waals surface area (Å²) in [4.78, 5) is 10.5. The molecule has 3 heterocycles. The van der Waals surface area contributed by atoms with Crippen LogP contribution in [-0.4, -0.2) is 14.5 Å². The number of aromatic nitrogens is 3. The molecule has 0 amide bonds. The summed E-state index contributed by atoms with van der Waals surface area (Å²) in [6.45, 7) is 2.26. The highest BCUT2D eigenvalue weighted by Gasteiger charge is 2.23. The second-order valence-corrected chi connectivity index (χ2v) is 12.7. The van der Waals surface area contributed by atoms with Crippen molar-refractivity contribution < 1.29 is 4.42 Å². The second kappa shape index (κ2) is 10.0. The fourth-order valence-corrected chi connectivity index (χ4v) is 7.44. The summed E-state index contributed by atoms with van der Waals surface area (Å²) in [6.07, 6.45) is 7.82. The largest absolute Gasteiger partial charge is 0.455 e. The zero-order valence-corrected chi connectivity index (χ0v) is 25.8. The van der Waals surface area contributed by atoms with Gasteiger partial charge in [0, 0.05) is 33.2 Å². The summed E-state index contributed by atoms with van der Waals surface area (Å²) in [6, 6.07) is 42.9. The van der Waals surface area contributed by atoms with E-state index in [-0.39, 0.29) is 0 Å². The molecule has 0 spiro atoms. The molecule has 47 heavy (non-hydrogen) atoms. The van der Waals surface area contributed by atoms with Crippen LogP contribution in [0, 0.1) is 5.92 Å². The van der Waals surface area contributed by atoms with Crippen molar-refractivity contribution in [1.29, 1.82) is 0 Å². The average Bonchev–Trinajstić information content (AvgIpc) is 3.66. The van der Waals surface area contributed by atoms with Crippen LogP contribution in [-0.2, 0) is 0 Å². The third-order valence-corrected chi connectivity index (χ3v) is 9.66. The highest BCUT2D eigenvalue weighted by molar-refractivity contribution is 6.27. The Morgan fingerprint density at radius 1 is 0.681 bits per heavy atom. The minimum atomic E-state index is 0.444. The van der Waals surface area contributed by atoms with Gasteiger partial charge in [0.2, 0.25) is 0 Å². The number of hydrogen-bond donors (Lipinski definition) is 0. The maximum absolute atomic E-state index is 6.70. The molecule has 0 fully saturated rings. The molecule has 0 aliphatic heterocycles. The monoisotopic (exact) mass is 603 g/mol. The first-order valence-corrected chi connectivity index (χ1v) is 16.2. The number of nitrogens with zero attached hydrogens (tertiary/aromatic N) is 3. The van der Waals surface area contributed by atoms with E-state index in [1.54, 1.807) is 0 Å². The molecule has 10 rings (SSSR count). The van der Waals surface area contributed by atoms with Crippen molar-refractivity contribution >= 4 is 70.9 Å². The molecule has 1 atom stereocenters. The molecule has 0 radical (unpaired) electrons. The number of benzene rings is 6. The highest BCUT2D eigenvalue weighted by atomic mass is 16.3. The van der Waals surface area contributed by atoms with Gasteiger partial charge in [-0.3, -0.25) is 4.57 Å². The topological polar surface area (TPSA) is 43.9 Å². The Morgan fingerprint density at radius 2 is 1.45 bits per heavy atom. The smallest absolute Gasteiger partial charge is 0.162 e. The first-order chi connectivity index (χ1) is 23.2. The standard InChI is InChI=1S/C43H29N3O/c1-26-10-9-16-31(22-26)36-25-39(45-43(44-36)28-12-3-2-4-13-28)46-37-24-30-15-6-5-14-29(30)23-35(37)33-20-21-38-40(41(33)46)34-19-18-27-11-7-8-17-32(27)42(34)47-38/h2-9,11-26H,10H2,1H3. The Labute approximate surface area is 270 Å². The fraction of sp³-hybridized carbons (Fsp3) is 0.0698. The van der Waals surface area contributed by atoms with Crippen molar-refractivity contribution in [3.05, 3.63) is 145 Å². The molecule has 1 aliphatic carbocycles. The van der Waals surface area contributed by atoms with E-state index in [9.17, 15) is 0 Å². The van der Waals surface area contributed by atoms with Crippen LogP contribution in [0.25, 0.3) is 88.1 Å². The number of furan rings is 1. The van der Waals surface area contributed by atoms with Crippen LogP contribution in [0.1, 0.15) is 19.0 Å². The third kappa shape index (κ3) is 4.01. The van der Waals surface area contributed by atoms with Crippen LogP contribution in [0.3, 0.4) is 0 Å². The summed E-state index contributed by atoms with van der Waals surface area (Å²) in [7, 11) is 0. The van der Waals surface area contributed by atoms with E-state index in [2.05, 4.69) is 133 Å². The van der Waals surface area contributed by atoms with E-state index in [0.29, 0.717) is 11.7 Å². The van der Waals surface area contributed by atoms with E-state index in [0.717, 1.165) is 72.8 Å². The molecule has 222 valence electrons. The van der Waals surface area contributed by atoms with E-state index in [1.165, 1.54) is 21.5 Å². The molecule has 0 bridgehead atoms. The molecule has 6 aromatic carbocycles. The Bertz CT molecular complexity index is 2780. The summed E-state index contributed by atoms with van der Waals surface area (Å²) < 4.78 is 9.04. The van der Waals surface area contributed by atoms with Crippen LogP contribution < -0.4 is 0 Å². The van der Waals surface area contributed by atoms with Crippen molar-refractivity contribution in [1.82, 2.24) is 14.5 Å². The Morgan fingerprint density at radius 3 is 2.30 bits per heavy atom. The van der Waals surface area contributed by atoms with Gasteiger partial charge in [-0.05, 0) is 64.4 Å². The van der Waals surface area contributed by atoms with Gasteiger partial charge in [0.15, 0.2) is 5.82 Å². The fourth-order valence-electron chi connectivity index (χ4n) is 7.44. The van der Waals surface area contributed by atoms with Gasteiger partial charge in [0.05, 0.1) is 22.1 Å². The van der Waals surface area contributed by atoms with E-state index in [1.807, 2.05) is 18.2 Å². The zero-order valence-electron chi connectivity index (χ0n) is 25.8. The van der Waals surface area contributed by atoms with Crippen molar-refractivity contribution in [3.63, 3.8) is 0 Å². The molecule has 1 unspecified atom stereocenters. The van der Waals surface area contributed by atoms with Crippen molar-refractivity contribution in [2.24, 2.45) is 5.92 Å². The number of fused-ring (bicyclic) bond motifs is 10. The lowest BCUT2D eigenvalue weighted by molar-refractivity contribution is 0.673. The van der Waals surface area contributed by atoms with Crippen molar-refractivity contribution in [2.45, 2.75) is 13.3 Å². The molecule has 4 nitrogen and oxygen atoms in total. The normalized spacial score (nSPS) is 15.1. The summed E-state index contributed by atoms with van der Waals surface area (Å²) in [5.41, 5.74) is 7.00. The van der Waals surface area contributed by atoms with Gasteiger partial charge in [-0.25, -0.2) is 9.97 Å². The van der Waals surface area contributed by atoms with Crippen LogP contribution in [0.2, 0.25) is 0 Å². The van der Waals surface area contributed by atoms with Crippen molar-refractivity contribution in [3.8, 4) is 17.2 Å². The van der Waals surface area contributed by atoms with Gasteiger partial charge in [0.1, 0.15) is 17.0 Å². The minimum absolute atomic E-state index is 0.444. The lowest BCUT2D eigenvalue weighted by Crippen LogP contribution is -2.05. The second-order valence-electron chi connectivity index (χ2n) is 12.7. The van der Waals surface area contributed by atoms with Gasteiger partial charge >= 0.3 is 0 Å². The van der Waals surface area contributed by atoms with E-state index >= 15 is 0 Å². The summed E-state index contributed by atoms with van der Waals surface area (Å²) in [5.74, 6) is 1.98. The number of rotatable bonds is 3. The molecule has 4 heteroatoms. The van der Waals surface area contributed by atoms with Gasteiger partial charge in [-0.2, -0.15) is 0 Å². The molecule has 0 N–H and O–H groups in total. The number of hydrogen-bond acceptors (Lipinski definition) is 3. The highest BCUT2D eigenvalue weighted by Crippen LogP contribution is 2.43. The van der Waals surface area contributed by atoms with Crippen LogP contribution in [0.4, 0.5) is 0 Å². The molecule has 1 aliphatic rings. The Balaban J connectivity index is 1.39. The zero-order chi connectivity index (χ0) is 31.1. The van der Waals surface area contributed by atoms with Crippen LogP contribution >= 0.6 is 0 Å². The maximum Gasteiger partial charge on any atom is 0.162 e. The lowest BCUT2D eigenvalue weighted by Gasteiger charge is -2.15.